The van der Waals surface area contributed by atoms with E-state index in [1.807, 2.05) is 0 Å². The first-order valence-electron chi connectivity index (χ1n) is 9.01. The van der Waals surface area contributed by atoms with Gasteiger partial charge >= 0.3 is 0 Å². The van der Waals surface area contributed by atoms with Gasteiger partial charge in [-0.25, -0.2) is 18.0 Å². The predicted octanol–water partition coefficient (Wildman–Crippen LogP) is 3.24. The fourth-order valence-corrected chi connectivity index (χ4v) is 5.33. The van der Waals surface area contributed by atoms with Gasteiger partial charge in [0.05, 0.1) is 33.8 Å². The van der Waals surface area contributed by atoms with Crippen molar-refractivity contribution in [1.82, 2.24) is 4.72 Å². The molecule has 28 heavy (non-hydrogen) atoms. The highest BCUT2D eigenvalue weighted by atomic mass is 35.5. The predicted molar refractivity (Wildman–Crippen MR) is 102 cm³/mol. The maximum Gasteiger partial charge on any atom is 0.241 e. The zero-order valence-corrected chi connectivity index (χ0v) is 16.6. The molecule has 7 nitrogen and oxygen atoms in total. The highest BCUT2D eigenvalue weighted by molar-refractivity contribution is 7.89. The number of hydrogen-bond acceptors (Lipinski definition) is 5. The van der Waals surface area contributed by atoms with Crippen molar-refractivity contribution in [2.45, 2.75) is 43.5 Å². The standard InChI is InChI=1S/C19H19ClN2O5S/c20-15-10-14(28(25,26)21-12-13-4-3-9-27-13)5-6-16(15)22-17(23)11-19(18(22)24)7-1-2-8-19/h3-6,9-10,21H,1-2,7-8,11-12H2. The average molecular weight is 423 g/mol. The first kappa shape index (κ1) is 19.2. The van der Waals surface area contributed by atoms with Crippen molar-refractivity contribution < 1.29 is 22.4 Å². The van der Waals surface area contributed by atoms with Crippen LogP contribution in [0.5, 0.6) is 0 Å². The molecule has 1 saturated carbocycles. The van der Waals surface area contributed by atoms with E-state index >= 15 is 0 Å². The normalized spacial score (nSPS) is 19.1. The Bertz CT molecular complexity index is 1030. The monoisotopic (exact) mass is 422 g/mol. The van der Waals surface area contributed by atoms with Crippen molar-refractivity contribution in [1.29, 1.82) is 0 Å². The van der Waals surface area contributed by atoms with E-state index in [-0.39, 0.29) is 40.4 Å². The van der Waals surface area contributed by atoms with E-state index in [0.29, 0.717) is 18.6 Å². The van der Waals surface area contributed by atoms with E-state index in [0.717, 1.165) is 17.7 Å². The SMILES string of the molecule is O=C1CC2(CCCC2)C(=O)N1c1ccc(S(=O)(=O)NCc2ccco2)cc1Cl. The lowest BCUT2D eigenvalue weighted by Gasteiger charge is -2.21. The summed E-state index contributed by atoms with van der Waals surface area (Å²) in [5.41, 5.74) is -0.388. The summed E-state index contributed by atoms with van der Waals surface area (Å²) in [5, 5.41) is 0.0395. The van der Waals surface area contributed by atoms with E-state index in [4.69, 9.17) is 16.0 Å². The molecule has 0 unspecified atom stereocenters. The maximum atomic E-state index is 12.9. The van der Waals surface area contributed by atoms with E-state index in [2.05, 4.69) is 4.72 Å². The summed E-state index contributed by atoms with van der Waals surface area (Å²) in [6.45, 7) is 0.000318. The second-order valence-electron chi connectivity index (χ2n) is 7.22. The summed E-state index contributed by atoms with van der Waals surface area (Å²) in [7, 11) is -3.83. The lowest BCUT2D eigenvalue weighted by atomic mass is 9.84. The molecular weight excluding hydrogens is 404 g/mol. The summed E-state index contributed by atoms with van der Waals surface area (Å²) >= 11 is 6.28. The van der Waals surface area contributed by atoms with Crippen LogP contribution in [0.4, 0.5) is 5.69 Å². The minimum Gasteiger partial charge on any atom is -0.468 e. The number of benzene rings is 1. The van der Waals surface area contributed by atoms with Crippen LogP contribution in [-0.4, -0.2) is 20.2 Å². The molecule has 0 atom stereocenters. The van der Waals surface area contributed by atoms with Gasteiger partial charge in [-0.15, -0.1) is 0 Å². The maximum absolute atomic E-state index is 12.9. The van der Waals surface area contributed by atoms with Gasteiger partial charge in [-0.3, -0.25) is 9.59 Å². The largest absolute Gasteiger partial charge is 0.468 e. The molecule has 148 valence electrons. The van der Waals surface area contributed by atoms with Gasteiger partial charge in [-0.05, 0) is 43.2 Å². The Labute approximate surface area is 167 Å². The van der Waals surface area contributed by atoms with Crippen molar-refractivity contribution in [2.75, 3.05) is 4.90 Å². The fourth-order valence-electron chi connectivity index (χ4n) is 3.98. The summed E-state index contributed by atoms with van der Waals surface area (Å²) in [6.07, 6.45) is 4.91. The number of carbonyl (C=O) groups excluding carboxylic acids is 2. The molecule has 1 aromatic carbocycles. The quantitative estimate of drug-likeness (QED) is 0.746. The van der Waals surface area contributed by atoms with E-state index in [1.54, 1.807) is 12.1 Å². The Hall–Kier alpha value is -2.16. The first-order valence-corrected chi connectivity index (χ1v) is 10.9. The number of nitrogens with zero attached hydrogens (tertiary/aromatic N) is 1. The molecule has 1 N–H and O–H groups in total. The zero-order valence-electron chi connectivity index (χ0n) is 15.0. The molecule has 2 fully saturated rings. The van der Waals surface area contributed by atoms with Crippen molar-refractivity contribution in [2.24, 2.45) is 5.41 Å². The third-order valence-corrected chi connectivity index (χ3v) is 7.14. The Kier molecular flexibility index (Phi) is 4.81. The second-order valence-corrected chi connectivity index (χ2v) is 9.39. The van der Waals surface area contributed by atoms with E-state index in [9.17, 15) is 18.0 Å². The number of hydrogen-bond donors (Lipinski definition) is 1. The van der Waals surface area contributed by atoms with Gasteiger partial charge in [-0.1, -0.05) is 24.4 Å². The van der Waals surface area contributed by atoms with Crippen LogP contribution in [0.2, 0.25) is 5.02 Å². The summed E-state index contributed by atoms with van der Waals surface area (Å²) in [6, 6.07) is 7.32. The number of nitrogens with one attached hydrogen (secondary N) is 1. The number of sulfonamides is 1. The molecule has 1 spiro atoms. The highest BCUT2D eigenvalue weighted by Gasteiger charge is 2.53. The molecule has 2 amide bonds. The Morgan fingerprint density at radius 2 is 1.93 bits per heavy atom. The van der Waals surface area contributed by atoms with Crippen LogP contribution in [0.3, 0.4) is 0 Å². The second kappa shape index (κ2) is 7.02. The number of furan rings is 1. The molecule has 2 aromatic rings. The molecule has 1 aromatic heterocycles. The number of imide groups is 1. The van der Waals surface area contributed by atoms with Crippen LogP contribution in [0.1, 0.15) is 37.9 Å². The van der Waals surface area contributed by atoms with Crippen molar-refractivity contribution in [3.05, 3.63) is 47.4 Å². The third kappa shape index (κ3) is 3.25. The van der Waals surface area contributed by atoms with E-state index < -0.39 is 15.4 Å². The van der Waals surface area contributed by atoms with Crippen LogP contribution in [0.15, 0.2) is 45.9 Å². The highest BCUT2D eigenvalue weighted by Crippen LogP contribution is 2.48. The zero-order chi connectivity index (χ0) is 19.9. The first-order chi connectivity index (χ1) is 13.3. The molecular formula is C19H19ClN2O5S. The van der Waals surface area contributed by atoms with Gasteiger partial charge in [-0.2, -0.15) is 0 Å². The number of carbonyl (C=O) groups is 2. The molecule has 2 aliphatic rings. The smallest absolute Gasteiger partial charge is 0.241 e. The number of anilines is 1. The number of amides is 2. The van der Waals surface area contributed by atoms with Gasteiger partial charge in [0.1, 0.15) is 5.76 Å². The Balaban J connectivity index is 1.58. The van der Waals surface area contributed by atoms with Gasteiger partial charge in [0, 0.05) is 6.42 Å². The minimum absolute atomic E-state index is 0.000318. The molecule has 0 radical (unpaired) electrons. The molecule has 2 heterocycles. The van der Waals surface area contributed by atoms with Crippen LogP contribution in [-0.2, 0) is 26.2 Å². The van der Waals surface area contributed by atoms with Gasteiger partial charge in [0.25, 0.3) is 0 Å². The lowest BCUT2D eigenvalue weighted by molar-refractivity contribution is -0.125. The minimum atomic E-state index is -3.83. The molecule has 1 aliphatic heterocycles. The molecule has 9 heteroatoms. The summed E-state index contributed by atoms with van der Waals surface area (Å²) in [4.78, 5) is 26.5. The van der Waals surface area contributed by atoms with Crippen LogP contribution >= 0.6 is 11.6 Å². The van der Waals surface area contributed by atoms with Crippen LogP contribution in [0, 0.1) is 5.41 Å². The van der Waals surface area contributed by atoms with Crippen LogP contribution in [0.25, 0.3) is 0 Å². The number of halogens is 1. The van der Waals surface area contributed by atoms with Crippen molar-refractivity contribution in [3.8, 4) is 0 Å². The summed E-state index contributed by atoms with van der Waals surface area (Å²) < 4.78 is 32.5. The topological polar surface area (TPSA) is 96.7 Å². The summed E-state index contributed by atoms with van der Waals surface area (Å²) in [5.74, 6) is -0.0507. The van der Waals surface area contributed by atoms with Crippen LogP contribution < -0.4 is 9.62 Å². The van der Waals surface area contributed by atoms with Gasteiger partial charge in [0.2, 0.25) is 21.8 Å². The third-order valence-electron chi connectivity index (χ3n) is 5.44. The Morgan fingerprint density at radius 3 is 2.57 bits per heavy atom. The fraction of sp³-hybridized carbons (Fsp3) is 0.368. The van der Waals surface area contributed by atoms with Crippen molar-refractivity contribution in [3.63, 3.8) is 0 Å². The van der Waals surface area contributed by atoms with Gasteiger partial charge in [0.15, 0.2) is 0 Å². The molecule has 0 bridgehead atoms. The average Bonchev–Trinajstić information content (AvgIpc) is 3.37. The molecule has 1 saturated heterocycles. The van der Waals surface area contributed by atoms with Gasteiger partial charge < -0.3 is 4.42 Å². The molecule has 1 aliphatic carbocycles. The Morgan fingerprint density at radius 1 is 1.18 bits per heavy atom. The van der Waals surface area contributed by atoms with Crippen molar-refractivity contribution >= 4 is 39.1 Å². The van der Waals surface area contributed by atoms with E-state index in [1.165, 1.54) is 24.5 Å². The lowest BCUT2D eigenvalue weighted by Crippen LogP contribution is -2.34. The molecule has 4 rings (SSSR count). The number of rotatable bonds is 5.